The van der Waals surface area contributed by atoms with Crippen molar-refractivity contribution in [1.29, 1.82) is 0 Å². The number of carbonyl (C=O) groups is 1. The van der Waals surface area contributed by atoms with Crippen LogP contribution in [0.4, 0.5) is 9.93 Å². The van der Waals surface area contributed by atoms with E-state index in [-0.39, 0.29) is 13.2 Å². The minimum absolute atomic E-state index is 0.101. The molecular formula is C13H15N3O3S. The lowest BCUT2D eigenvalue weighted by Gasteiger charge is -2.13. The number of ether oxygens (including phenoxy) is 1. The number of hydrogen-bond donors (Lipinski definition) is 3. The molecule has 0 radical (unpaired) electrons. The Morgan fingerprint density at radius 1 is 1.40 bits per heavy atom. The van der Waals surface area contributed by atoms with Gasteiger partial charge in [0.15, 0.2) is 5.13 Å². The van der Waals surface area contributed by atoms with Crippen LogP contribution in [-0.2, 0) is 0 Å². The number of nitrogens with one attached hydrogen (secondary N) is 2. The number of anilines is 1. The fourth-order valence-electron chi connectivity index (χ4n) is 1.41. The number of nitrogens with zero attached hydrogens (tertiary/aromatic N) is 1. The average molecular weight is 293 g/mol. The van der Waals surface area contributed by atoms with Crippen LogP contribution in [0, 0.1) is 0 Å². The van der Waals surface area contributed by atoms with E-state index in [1.165, 1.54) is 11.3 Å². The lowest BCUT2D eigenvalue weighted by atomic mass is 10.3. The molecule has 1 aromatic heterocycles. The van der Waals surface area contributed by atoms with Crippen molar-refractivity contribution in [3.8, 4) is 5.75 Å². The lowest BCUT2D eigenvalue weighted by Crippen LogP contribution is -2.37. The van der Waals surface area contributed by atoms with E-state index in [1.807, 2.05) is 18.2 Å². The first-order valence-corrected chi connectivity index (χ1v) is 6.92. The third-order valence-corrected chi connectivity index (χ3v) is 3.03. The zero-order chi connectivity index (χ0) is 14.2. The number of aromatic nitrogens is 1. The van der Waals surface area contributed by atoms with E-state index in [0.29, 0.717) is 10.9 Å². The van der Waals surface area contributed by atoms with Gasteiger partial charge < -0.3 is 15.2 Å². The number of hydrogen-bond acceptors (Lipinski definition) is 5. The summed E-state index contributed by atoms with van der Waals surface area (Å²) in [6.07, 6.45) is 0.820. The second kappa shape index (κ2) is 7.46. The highest BCUT2D eigenvalue weighted by atomic mass is 32.1. The molecule has 0 aliphatic carbocycles. The first-order chi connectivity index (χ1) is 9.74. The number of aliphatic hydroxyl groups is 1. The third kappa shape index (κ3) is 4.87. The number of carbonyl (C=O) groups excluding carboxylic acids is 1. The van der Waals surface area contributed by atoms with Gasteiger partial charge in [-0.2, -0.15) is 0 Å². The van der Waals surface area contributed by atoms with Gasteiger partial charge in [-0.3, -0.25) is 5.32 Å². The third-order valence-electron chi connectivity index (χ3n) is 2.34. The molecule has 106 valence electrons. The topological polar surface area (TPSA) is 83.5 Å². The number of aliphatic hydroxyl groups excluding tert-OH is 1. The Balaban J connectivity index is 1.64. The summed E-state index contributed by atoms with van der Waals surface area (Å²) in [5, 5.41) is 17.1. The molecule has 7 heteroatoms. The summed E-state index contributed by atoms with van der Waals surface area (Å²) in [5.74, 6) is 0.679. The summed E-state index contributed by atoms with van der Waals surface area (Å²) in [6, 6.07) is 8.78. The molecule has 0 bridgehead atoms. The molecule has 1 heterocycles. The number of urea groups is 1. The molecule has 0 saturated carbocycles. The van der Waals surface area contributed by atoms with Gasteiger partial charge >= 0.3 is 6.03 Å². The van der Waals surface area contributed by atoms with Crippen LogP contribution >= 0.6 is 11.3 Å². The molecule has 2 rings (SSSR count). The Hall–Kier alpha value is -2.12. The summed E-state index contributed by atoms with van der Waals surface area (Å²) in [7, 11) is 0. The molecule has 2 aromatic rings. The van der Waals surface area contributed by atoms with Crippen LogP contribution in [0.25, 0.3) is 0 Å². The van der Waals surface area contributed by atoms with Crippen molar-refractivity contribution in [3.05, 3.63) is 41.9 Å². The van der Waals surface area contributed by atoms with Gasteiger partial charge in [-0.25, -0.2) is 9.78 Å². The first-order valence-electron chi connectivity index (χ1n) is 6.04. The van der Waals surface area contributed by atoms with Gasteiger partial charge in [-0.05, 0) is 12.1 Å². The summed E-state index contributed by atoms with van der Waals surface area (Å²) in [6.45, 7) is 0.214. The van der Waals surface area contributed by atoms with Crippen LogP contribution in [0.5, 0.6) is 5.75 Å². The van der Waals surface area contributed by atoms with Crippen molar-refractivity contribution < 1.29 is 14.6 Å². The maximum Gasteiger partial charge on any atom is 0.321 e. The Labute approximate surface area is 120 Å². The monoisotopic (exact) mass is 293 g/mol. The summed E-state index contributed by atoms with van der Waals surface area (Å²) in [4.78, 5) is 15.4. The van der Waals surface area contributed by atoms with Crippen LogP contribution < -0.4 is 15.4 Å². The van der Waals surface area contributed by atoms with Crippen LogP contribution in [0.2, 0.25) is 0 Å². The van der Waals surface area contributed by atoms with Crippen LogP contribution in [0.15, 0.2) is 41.9 Å². The van der Waals surface area contributed by atoms with Gasteiger partial charge in [-0.1, -0.05) is 18.2 Å². The molecule has 6 nitrogen and oxygen atoms in total. The number of benzene rings is 1. The van der Waals surface area contributed by atoms with Crippen molar-refractivity contribution in [2.45, 2.75) is 6.10 Å². The van der Waals surface area contributed by atoms with Gasteiger partial charge in [0.2, 0.25) is 0 Å². The largest absolute Gasteiger partial charge is 0.491 e. The van der Waals surface area contributed by atoms with E-state index in [0.717, 1.165) is 0 Å². The lowest BCUT2D eigenvalue weighted by molar-refractivity contribution is 0.108. The van der Waals surface area contributed by atoms with Crippen molar-refractivity contribution in [1.82, 2.24) is 10.3 Å². The van der Waals surface area contributed by atoms with Crippen molar-refractivity contribution in [2.24, 2.45) is 0 Å². The highest BCUT2D eigenvalue weighted by Crippen LogP contribution is 2.10. The maximum absolute atomic E-state index is 11.5. The maximum atomic E-state index is 11.5. The molecule has 0 unspecified atom stereocenters. The molecule has 1 atom stereocenters. The SMILES string of the molecule is O=C(NC[C@@H](O)COc1ccccc1)Nc1nccs1. The highest BCUT2D eigenvalue weighted by Gasteiger charge is 2.08. The van der Waals surface area contributed by atoms with Gasteiger partial charge in [0.05, 0.1) is 0 Å². The fourth-order valence-corrected chi connectivity index (χ4v) is 1.93. The van der Waals surface area contributed by atoms with Crippen LogP contribution in [0.3, 0.4) is 0 Å². The molecule has 3 N–H and O–H groups in total. The predicted molar refractivity (Wildman–Crippen MR) is 77.1 cm³/mol. The average Bonchev–Trinajstić information content (AvgIpc) is 2.97. The van der Waals surface area contributed by atoms with E-state index in [1.54, 1.807) is 23.7 Å². The molecule has 1 aromatic carbocycles. The van der Waals surface area contributed by atoms with E-state index in [9.17, 15) is 9.90 Å². The zero-order valence-corrected chi connectivity index (χ0v) is 11.5. The van der Waals surface area contributed by atoms with Crippen LogP contribution in [-0.4, -0.2) is 35.4 Å². The number of para-hydroxylation sites is 1. The van der Waals surface area contributed by atoms with Crippen molar-refractivity contribution in [3.63, 3.8) is 0 Å². The molecule has 2 amide bonds. The van der Waals surface area contributed by atoms with Gasteiger partial charge in [0.25, 0.3) is 0 Å². The molecule has 0 fully saturated rings. The quantitative estimate of drug-likeness (QED) is 0.757. The highest BCUT2D eigenvalue weighted by molar-refractivity contribution is 7.13. The Bertz CT molecular complexity index is 519. The summed E-state index contributed by atoms with van der Waals surface area (Å²) >= 11 is 1.32. The first kappa shape index (κ1) is 14.3. The van der Waals surface area contributed by atoms with Gasteiger partial charge in [0.1, 0.15) is 18.5 Å². The molecular weight excluding hydrogens is 278 g/mol. The zero-order valence-electron chi connectivity index (χ0n) is 10.7. The number of rotatable bonds is 6. The standard InChI is InChI=1S/C13H15N3O3S/c17-10(9-19-11-4-2-1-3-5-11)8-15-12(18)16-13-14-6-7-20-13/h1-7,10,17H,8-9H2,(H2,14,15,16,18)/t10-/m1/s1. The number of thiazole rings is 1. The summed E-state index contributed by atoms with van der Waals surface area (Å²) in [5.41, 5.74) is 0. The molecule has 0 spiro atoms. The van der Waals surface area contributed by atoms with E-state index >= 15 is 0 Å². The second-order valence-corrected chi connectivity index (χ2v) is 4.84. The normalized spacial score (nSPS) is 11.7. The molecule has 0 aliphatic heterocycles. The Morgan fingerprint density at radius 2 is 2.20 bits per heavy atom. The minimum Gasteiger partial charge on any atom is -0.491 e. The predicted octanol–water partition coefficient (Wildman–Crippen LogP) is 1.70. The summed E-state index contributed by atoms with van der Waals surface area (Å²) < 4.78 is 5.37. The Morgan fingerprint density at radius 3 is 2.90 bits per heavy atom. The number of amides is 2. The van der Waals surface area contributed by atoms with Crippen molar-refractivity contribution in [2.75, 3.05) is 18.5 Å². The second-order valence-electron chi connectivity index (χ2n) is 3.95. The minimum atomic E-state index is -0.780. The molecule has 0 aliphatic rings. The van der Waals surface area contributed by atoms with E-state index < -0.39 is 12.1 Å². The smallest absolute Gasteiger partial charge is 0.321 e. The van der Waals surface area contributed by atoms with Crippen molar-refractivity contribution >= 4 is 22.5 Å². The van der Waals surface area contributed by atoms with Crippen LogP contribution in [0.1, 0.15) is 0 Å². The molecule has 0 saturated heterocycles. The van der Waals surface area contributed by atoms with Gasteiger partial charge in [0, 0.05) is 18.1 Å². The van der Waals surface area contributed by atoms with Gasteiger partial charge in [-0.15, -0.1) is 11.3 Å². The Kier molecular flexibility index (Phi) is 5.33. The molecule has 20 heavy (non-hydrogen) atoms. The van der Waals surface area contributed by atoms with E-state index in [2.05, 4.69) is 15.6 Å². The fraction of sp³-hybridized carbons (Fsp3) is 0.231. The van der Waals surface area contributed by atoms with E-state index in [4.69, 9.17) is 4.74 Å².